The molecule has 3 aromatic rings. The number of rotatable bonds is 21. The standard InChI is InChI=1S/C18H25NO5S2.C16H20BrNO5S.C16H22N2O5S2.C2H6S/c1-5-23-17(20)18(3,26(4,21)22)12-14-11-16(19-24-14)13-7-9-15(10-8-13)25-6-2;1-4-22-15(19)16(2,24(3,20)21)10-13-9-14(18-23-13)11-5-7-12(17)8-6-11;1-4-24-13-7-5-11(6-8-13)14-9-12(23-18-14)10-16(2,15(19)17-20)25(3,21)22;1-2-3/h7-10,14H,5-6,11-12H2,1-4H3;5-8,13H,4,9-10H2,1-3H3;5-8,12,20H,4,9-10H2,1-3H3,(H,17,19);3H,2H2,1H3/t14-,18-;13-,16-;12-,16-;/m111./s1. The predicted octanol–water partition coefficient (Wildman–Crippen LogP) is 8.67. The Labute approximate surface area is 482 Å². The van der Waals surface area contributed by atoms with Gasteiger partial charge in [-0.15, -0.1) is 23.5 Å². The summed E-state index contributed by atoms with van der Waals surface area (Å²) in [5, 5.41) is 21.0. The highest BCUT2D eigenvalue weighted by Crippen LogP contribution is 2.34. The third-order valence-corrected chi connectivity index (χ3v) is 20.9. The molecule has 0 spiro atoms. The van der Waals surface area contributed by atoms with Gasteiger partial charge in [-0.05, 0) is 105 Å². The quantitative estimate of drug-likeness (QED) is 0.0296. The number of hydrogen-bond donors (Lipinski definition) is 3. The molecule has 78 heavy (non-hydrogen) atoms. The molecular formula is C52H73BrN4O15S6. The van der Waals surface area contributed by atoms with Crippen LogP contribution in [0.4, 0.5) is 0 Å². The van der Waals surface area contributed by atoms with Crippen LogP contribution in [0.2, 0.25) is 0 Å². The van der Waals surface area contributed by atoms with E-state index >= 15 is 0 Å². The normalized spacial score (nSPS) is 19.2. The van der Waals surface area contributed by atoms with Crippen molar-refractivity contribution in [3.05, 3.63) is 94.0 Å². The number of nitrogens with one attached hydrogen (secondary N) is 1. The van der Waals surface area contributed by atoms with Crippen molar-refractivity contribution in [2.45, 2.75) is 136 Å². The summed E-state index contributed by atoms with van der Waals surface area (Å²) in [7, 11) is -11.1. The first-order valence-corrected chi connectivity index (χ1v) is 34.0. The third kappa shape index (κ3) is 18.7. The number of hydroxylamine groups is 1. The Morgan fingerprint density at radius 3 is 1.13 bits per heavy atom. The number of oxime groups is 3. The van der Waals surface area contributed by atoms with Gasteiger partial charge in [0.2, 0.25) is 0 Å². The van der Waals surface area contributed by atoms with Crippen LogP contribution >= 0.6 is 52.1 Å². The number of ether oxygens (including phenoxy) is 2. The van der Waals surface area contributed by atoms with E-state index in [1.165, 1.54) is 31.1 Å². The predicted molar refractivity (Wildman–Crippen MR) is 314 cm³/mol. The molecule has 3 aliphatic heterocycles. The van der Waals surface area contributed by atoms with Crippen LogP contribution in [0.1, 0.15) is 111 Å². The number of carbonyl (C=O) groups is 3. The largest absolute Gasteiger partial charge is 0.465 e. The summed E-state index contributed by atoms with van der Waals surface area (Å²) in [5.41, 5.74) is 6.36. The summed E-state index contributed by atoms with van der Waals surface area (Å²) in [5.74, 6) is 0.452. The molecule has 0 radical (unpaired) electrons. The number of halogens is 1. The SMILES string of the molecule is CCOC(=O)[C@@](C)(C[C@H]1CC(c2ccc(Br)cc2)=NO1)S(C)(=O)=O.CCOC(=O)[C@@](C)(C[C@H]1CC(c2ccc(SCC)cc2)=NO1)S(C)(=O)=O.CCS.CCSc1ccc(C2=NO[C@@H](C[C@](C)(C(=O)NO)S(C)(=O)=O)C2)cc1. The fourth-order valence-corrected chi connectivity index (χ4v) is 11.9. The second-order valence-electron chi connectivity index (χ2n) is 18.6. The van der Waals surface area contributed by atoms with Crippen LogP contribution in [-0.4, -0.2) is 147 Å². The Morgan fingerprint density at radius 2 is 0.872 bits per heavy atom. The Balaban J connectivity index is 0.000000300. The summed E-state index contributed by atoms with van der Waals surface area (Å²) in [4.78, 5) is 54.8. The lowest BCUT2D eigenvalue weighted by atomic mass is 9.96. The van der Waals surface area contributed by atoms with Crippen molar-refractivity contribution in [1.82, 2.24) is 5.48 Å². The van der Waals surface area contributed by atoms with E-state index < -0.39 is 79.9 Å². The van der Waals surface area contributed by atoms with E-state index in [0.29, 0.717) is 25.0 Å². The van der Waals surface area contributed by atoms with Gasteiger partial charge in [0, 0.05) is 71.6 Å². The number of thioether (sulfide) groups is 2. The molecule has 3 heterocycles. The number of esters is 2. The maximum atomic E-state index is 12.3. The highest BCUT2D eigenvalue weighted by atomic mass is 79.9. The van der Waals surface area contributed by atoms with Crippen LogP contribution in [0.5, 0.6) is 0 Å². The molecule has 434 valence electrons. The zero-order chi connectivity index (χ0) is 58.7. The Morgan fingerprint density at radius 1 is 0.590 bits per heavy atom. The van der Waals surface area contributed by atoms with Gasteiger partial charge in [0.15, 0.2) is 43.8 Å². The molecule has 3 aliphatic rings. The van der Waals surface area contributed by atoms with Gasteiger partial charge in [0.25, 0.3) is 5.91 Å². The molecule has 0 saturated carbocycles. The zero-order valence-corrected chi connectivity index (χ0v) is 52.4. The number of thiol groups is 1. The van der Waals surface area contributed by atoms with Gasteiger partial charge in [0.1, 0.15) is 18.3 Å². The van der Waals surface area contributed by atoms with Gasteiger partial charge in [-0.1, -0.05) is 88.6 Å². The molecule has 1 amide bonds. The van der Waals surface area contributed by atoms with Crippen LogP contribution in [0.25, 0.3) is 0 Å². The fourth-order valence-electron chi connectivity index (χ4n) is 7.76. The molecule has 0 aromatic heterocycles. The summed E-state index contributed by atoms with van der Waals surface area (Å²) in [6.07, 6.45) is 2.68. The molecule has 0 aliphatic carbocycles. The minimum Gasteiger partial charge on any atom is -0.465 e. The summed E-state index contributed by atoms with van der Waals surface area (Å²) >= 11 is 10.7. The monoisotopic (exact) mass is 1260 g/mol. The molecule has 6 atom stereocenters. The van der Waals surface area contributed by atoms with Crippen LogP contribution in [0.3, 0.4) is 0 Å². The molecule has 0 fully saturated rings. The van der Waals surface area contributed by atoms with E-state index in [1.807, 2.05) is 79.7 Å². The van der Waals surface area contributed by atoms with E-state index in [9.17, 15) is 39.6 Å². The first-order chi connectivity index (χ1) is 36.5. The molecule has 19 nitrogen and oxygen atoms in total. The summed E-state index contributed by atoms with van der Waals surface area (Å²) in [6, 6.07) is 23.5. The molecule has 2 N–H and O–H groups in total. The Kier molecular flexibility index (Phi) is 26.7. The number of hydrogen-bond acceptors (Lipinski definition) is 21. The van der Waals surface area contributed by atoms with Crippen molar-refractivity contribution >= 4 is 117 Å². The van der Waals surface area contributed by atoms with E-state index in [4.69, 9.17) is 29.2 Å². The Bertz CT molecular complexity index is 2930. The molecule has 0 saturated heterocycles. The minimum atomic E-state index is -3.76. The highest BCUT2D eigenvalue weighted by molar-refractivity contribution is 9.10. The molecule has 6 rings (SSSR count). The van der Waals surface area contributed by atoms with E-state index in [2.05, 4.69) is 57.9 Å². The van der Waals surface area contributed by atoms with Gasteiger partial charge in [0.05, 0.1) is 30.3 Å². The smallest absolute Gasteiger partial charge is 0.327 e. The first-order valence-electron chi connectivity index (χ1n) is 24.9. The second-order valence-corrected chi connectivity index (χ2v) is 30.2. The highest BCUT2D eigenvalue weighted by Gasteiger charge is 2.50. The topological polar surface area (TPSA) is 269 Å². The van der Waals surface area contributed by atoms with Gasteiger partial charge >= 0.3 is 11.9 Å². The number of carbonyl (C=O) groups excluding carboxylic acids is 3. The second kappa shape index (κ2) is 30.6. The molecule has 0 unspecified atom stereocenters. The van der Waals surface area contributed by atoms with Gasteiger partial charge in [-0.25, -0.2) is 30.7 Å². The zero-order valence-electron chi connectivity index (χ0n) is 45.8. The average Bonchev–Trinajstić information content (AvgIpc) is 4.19. The van der Waals surface area contributed by atoms with Crippen molar-refractivity contribution in [1.29, 1.82) is 0 Å². The van der Waals surface area contributed by atoms with E-state index in [1.54, 1.807) is 37.4 Å². The van der Waals surface area contributed by atoms with Crippen LogP contribution in [0.15, 0.2) is 103 Å². The van der Waals surface area contributed by atoms with Crippen molar-refractivity contribution in [2.75, 3.05) is 49.2 Å². The van der Waals surface area contributed by atoms with Crippen molar-refractivity contribution < 1.29 is 68.8 Å². The molecule has 26 heteroatoms. The van der Waals surface area contributed by atoms with Crippen LogP contribution in [-0.2, 0) is 67.9 Å². The van der Waals surface area contributed by atoms with Gasteiger partial charge < -0.3 is 24.0 Å². The maximum Gasteiger partial charge on any atom is 0.327 e. The van der Waals surface area contributed by atoms with Crippen molar-refractivity contribution in [2.24, 2.45) is 15.5 Å². The lowest BCUT2D eigenvalue weighted by Crippen LogP contribution is -2.51. The third-order valence-electron chi connectivity index (χ3n) is 12.7. The van der Waals surface area contributed by atoms with Gasteiger partial charge in [-0.3, -0.25) is 19.6 Å². The summed E-state index contributed by atoms with van der Waals surface area (Å²) < 4.78 is 78.6. The fraction of sp³-hybridized carbons (Fsp3) is 0.538. The van der Waals surface area contributed by atoms with Crippen LogP contribution in [0, 0.1) is 0 Å². The van der Waals surface area contributed by atoms with E-state index in [0.717, 1.165) is 73.5 Å². The Hall–Kier alpha value is -4.18. The lowest BCUT2D eigenvalue weighted by molar-refractivity contribution is -0.147. The lowest BCUT2D eigenvalue weighted by Gasteiger charge is -2.27. The van der Waals surface area contributed by atoms with E-state index in [-0.39, 0.29) is 32.5 Å². The molecular weight excluding hydrogens is 1190 g/mol. The first kappa shape index (κ1) is 68.1. The van der Waals surface area contributed by atoms with Gasteiger partial charge in [-0.2, -0.15) is 12.6 Å². The van der Waals surface area contributed by atoms with Crippen molar-refractivity contribution in [3.8, 4) is 0 Å². The number of benzene rings is 3. The molecule has 0 bridgehead atoms. The number of nitrogens with zero attached hydrogens (tertiary/aromatic N) is 3. The maximum absolute atomic E-state index is 12.3. The minimum absolute atomic E-state index is 0.00143. The summed E-state index contributed by atoms with van der Waals surface area (Å²) in [6.45, 7) is 13.7. The molecule has 3 aromatic carbocycles. The number of amides is 1. The van der Waals surface area contributed by atoms with Crippen molar-refractivity contribution in [3.63, 3.8) is 0 Å². The number of sulfone groups is 3. The average molecular weight is 1270 g/mol. The van der Waals surface area contributed by atoms with Crippen LogP contribution < -0.4 is 5.48 Å².